The van der Waals surface area contributed by atoms with Crippen LogP contribution in [0.1, 0.15) is 22.7 Å². The second-order valence-corrected chi connectivity index (χ2v) is 8.60. The molecule has 0 radical (unpaired) electrons. The number of para-hydroxylation sites is 1. The number of ether oxygens (including phenoxy) is 2. The van der Waals surface area contributed by atoms with Gasteiger partial charge in [-0.2, -0.15) is 5.26 Å². The van der Waals surface area contributed by atoms with E-state index in [0.29, 0.717) is 28.5 Å². The summed E-state index contributed by atoms with van der Waals surface area (Å²) in [5.41, 5.74) is 8.44. The Kier molecular flexibility index (Phi) is 5.93. The maximum absolute atomic E-state index is 14.6. The summed E-state index contributed by atoms with van der Waals surface area (Å²) in [5, 5.41) is 17.2. The number of aromatic amines is 1. The van der Waals surface area contributed by atoms with Crippen LogP contribution in [0.2, 0.25) is 0 Å². The van der Waals surface area contributed by atoms with Gasteiger partial charge in [-0.25, -0.2) is 4.39 Å². The van der Waals surface area contributed by atoms with Crippen molar-refractivity contribution in [3.05, 3.63) is 113 Å². The SMILES string of the molecule is N#CC1=C(N)Oc2n[nH]c(CSc3ccccc3)c2[C@@H]1c1ccc(F)c(Oc2ccccc2)c1. The Labute approximate surface area is 199 Å². The van der Waals surface area contributed by atoms with Crippen molar-refractivity contribution in [2.75, 3.05) is 0 Å². The number of H-pyrrole nitrogens is 1. The van der Waals surface area contributed by atoms with Gasteiger partial charge >= 0.3 is 0 Å². The zero-order chi connectivity index (χ0) is 23.5. The molecule has 34 heavy (non-hydrogen) atoms. The summed E-state index contributed by atoms with van der Waals surface area (Å²) >= 11 is 1.62. The first kappa shape index (κ1) is 21.6. The summed E-state index contributed by atoms with van der Waals surface area (Å²) < 4.78 is 26.1. The largest absolute Gasteiger partial charge is 0.454 e. The van der Waals surface area contributed by atoms with Gasteiger partial charge in [0.1, 0.15) is 17.4 Å². The molecule has 1 aromatic heterocycles. The van der Waals surface area contributed by atoms with E-state index in [1.54, 1.807) is 48.2 Å². The lowest BCUT2D eigenvalue weighted by molar-refractivity contribution is 0.378. The maximum atomic E-state index is 14.6. The van der Waals surface area contributed by atoms with Gasteiger partial charge in [-0.3, -0.25) is 5.10 Å². The van der Waals surface area contributed by atoms with Gasteiger partial charge in [-0.15, -0.1) is 16.9 Å². The number of nitrogens with two attached hydrogens (primary N) is 1. The number of nitriles is 1. The van der Waals surface area contributed by atoms with Crippen molar-refractivity contribution in [3.63, 3.8) is 0 Å². The van der Waals surface area contributed by atoms with Gasteiger partial charge in [0.25, 0.3) is 0 Å². The van der Waals surface area contributed by atoms with Crippen LogP contribution in [0.15, 0.2) is 95.2 Å². The number of hydrogen-bond acceptors (Lipinski definition) is 6. The highest BCUT2D eigenvalue weighted by molar-refractivity contribution is 7.98. The summed E-state index contributed by atoms with van der Waals surface area (Å²) in [5.74, 6) is 0.310. The average molecular weight is 471 g/mol. The van der Waals surface area contributed by atoms with Gasteiger partial charge in [0.05, 0.1) is 17.2 Å². The molecule has 1 aliphatic rings. The van der Waals surface area contributed by atoms with E-state index in [0.717, 1.165) is 10.6 Å². The number of nitrogens with one attached hydrogen (secondary N) is 1. The van der Waals surface area contributed by atoms with Crippen molar-refractivity contribution < 1.29 is 13.9 Å². The van der Waals surface area contributed by atoms with E-state index >= 15 is 0 Å². The molecule has 5 rings (SSSR count). The van der Waals surface area contributed by atoms with E-state index in [1.807, 2.05) is 36.4 Å². The van der Waals surface area contributed by atoms with Crippen LogP contribution in [0.3, 0.4) is 0 Å². The predicted octanol–water partition coefficient (Wildman–Crippen LogP) is 5.85. The Morgan fingerprint density at radius 2 is 1.82 bits per heavy atom. The number of rotatable bonds is 6. The van der Waals surface area contributed by atoms with Crippen LogP contribution in [0, 0.1) is 17.1 Å². The number of thioether (sulfide) groups is 1. The summed E-state index contributed by atoms with van der Waals surface area (Å²) in [4.78, 5) is 1.09. The van der Waals surface area contributed by atoms with Crippen LogP contribution in [0.5, 0.6) is 17.4 Å². The Bertz CT molecular complexity index is 1400. The van der Waals surface area contributed by atoms with Crippen molar-refractivity contribution >= 4 is 11.8 Å². The first-order valence-electron chi connectivity index (χ1n) is 10.5. The normalized spacial score (nSPS) is 14.8. The lowest BCUT2D eigenvalue weighted by Crippen LogP contribution is -2.21. The molecule has 0 unspecified atom stereocenters. The zero-order valence-electron chi connectivity index (χ0n) is 17.9. The van der Waals surface area contributed by atoms with E-state index in [9.17, 15) is 9.65 Å². The molecular weight excluding hydrogens is 451 g/mol. The monoisotopic (exact) mass is 470 g/mol. The first-order valence-corrected chi connectivity index (χ1v) is 11.5. The number of benzene rings is 3. The van der Waals surface area contributed by atoms with Crippen molar-refractivity contribution in [3.8, 4) is 23.4 Å². The van der Waals surface area contributed by atoms with Gasteiger partial charge in [0.15, 0.2) is 11.6 Å². The van der Waals surface area contributed by atoms with Gasteiger partial charge in [-0.05, 0) is 42.0 Å². The highest BCUT2D eigenvalue weighted by Gasteiger charge is 2.35. The standard InChI is InChI=1S/C26H19FN4O2S/c27-20-12-11-16(13-22(20)32-17-7-3-1-4-8-17)23-19(14-28)25(29)33-26-24(23)21(30-31-26)15-34-18-9-5-2-6-10-18/h1-13,23H,15,29H2,(H,30,31)/t23-/m1/s1. The Balaban J connectivity index is 1.54. The second-order valence-electron chi connectivity index (χ2n) is 7.55. The molecule has 0 bridgehead atoms. The molecule has 4 aromatic rings. The topological polar surface area (TPSA) is 97.0 Å². The Hall–Kier alpha value is -4.22. The van der Waals surface area contributed by atoms with E-state index < -0.39 is 11.7 Å². The molecule has 168 valence electrons. The van der Waals surface area contributed by atoms with Crippen molar-refractivity contribution in [2.24, 2.45) is 5.73 Å². The number of hydrogen-bond donors (Lipinski definition) is 2. The summed E-state index contributed by atoms with van der Waals surface area (Å²) in [6.45, 7) is 0. The lowest BCUT2D eigenvalue weighted by Gasteiger charge is -2.24. The lowest BCUT2D eigenvalue weighted by atomic mass is 9.84. The highest BCUT2D eigenvalue weighted by Crippen LogP contribution is 2.45. The van der Waals surface area contributed by atoms with Gasteiger partial charge in [-0.1, -0.05) is 42.5 Å². The molecule has 1 atom stereocenters. The Morgan fingerprint density at radius 3 is 2.56 bits per heavy atom. The van der Waals surface area contributed by atoms with Crippen LogP contribution in [0.25, 0.3) is 0 Å². The smallest absolute Gasteiger partial charge is 0.244 e. The molecule has 0 fully saturated rings. The molecule has 0 saturated carbocycles. The molecule has 1 aliphatic heterocycles. The maximum Gasteiger partial charge on any atom is 0.244 e. The van der Waals surface area contributed by atoms with Crippen molar-refractivity contribution in [2.45, 2.75) is 16.6 Å². The number of nitrogens with zero attached hydrogens (tertiary/aromatic N) is 2. The molecular formula is C26H19FN4O2S. The molecule has 2 heterocycles. The molecule has 0 amide bonds. The zero-order valence-corrected chi connectivity index (χ0v) is 18.7. The minimum atomic E-state index is -0.586. The molecule has 0 spiro atoms. The second kappa shape index (κ2) is 9.33. The molecule has 8 heteroatoms. The van der Waals surface area contributed by atoms with Gasteiger partial charge < -0.3 is 15.2 Å². The number of fused-ring (bicyclic) bond motifs is 1. The fraction of sp³-hybridized carbons (Fsp3) is 0.0769. The van der Waals surface area contributed by atoms with Crippen LogP contribution in [0.4, 0.5) is 4.39 Å². The minimum Gasteiger partial charge on any atom is -0.454 e. The fourth-order valence-electron chi connectivity index (χ4n) is 3.82. The van der Waals surface area contributed by atoms with E-state index in [-0.39, 0.29) is 17.2 Å². The van der Waals surface area contributed by atoms with Crippen LogP contribution in [-0.2, 0) is 5.75 Å². The average Bonchev–Trinajstić information content (AvgIpc) is 3.26. The molecule has 0 aliphatic carbocycles. The molecule has 6 nitrogen and oxygen atoms in total. The molecule has 0 saturated heterocycles. The van der Waals surface area contributed by atoms with Crippen LogP contribution < -0.4 is 15.2 Å². The number of halogens is 1. The van der Waals surface area contributed by atoms with Crippen molar-refractivity contribution in [1.82, 2.24) is 10.2 Å². The summed E-state index contributed by atoms with van der Waals surface area (Å²) in [6.07, 6.45) is 0. The van der Waals surface area contributed by atoms with E-state index in [4.69, 9.17) is 15.2 Å². The molecule has 3 aromatic carbocycles. The van der Waals surface area contributed by atoms with Crippen LogP contribution >= 0.6 is 11.8 Å². The third kappa shape index (κ3) is 4.21. The van der Waals surface area contributed by atoms with Gasteiger partial charge in [0, 0.05) is 10.6 Å². The van der Waals surface area contributed by atoms with Crippen LogP contribution in [-0.4, -0.2) is 10.2 Å². The van der Waals surface area contributed by atoms with Gasteiger partial charge in [0.2, 0.25) is 11.8 Å². The summed E-state index contributed by atoms with van der Waals surface area (Å²) in [6, 6.07) is 25.6. The predicted molar refractivity (Wildman–Crippen MR) is 127 cm³/mol. The third-order valence-corrected chi connectivity index (χ3v) is 6.44. The minimum absolute atomic E-state index is 0.0244. The molecule has 3 N–H and O–H groups in total. The Morgan fingerprint density at radius 1 is 1.09 bits per heavy atom. The van der Waals surface area contributed by atoms with E-state index in [1.165, 1.54) is 6.07 Å². The highest BCUT2D eigenvalue weighted by atomic mass is 32.2. The summed E-state index contributed by atoms with van der Waals surface area (Å²) in [7, 11) is 0. The third-order valence-electron chi connectivity index (χ3n) is 5.40. The fourth-order valence-corrected chi connectivity index (χ4v) is 4.70. The van der Waals surface area contributed by atoms with E-state index in [2.05, 4.69) is 16.3 Å². The first-order chi connectivity index (χ1) is 16.6. The number of aromatic nitrogens is 2. The quantitative estimate of drug-likeness (QED) is 0.343. The van der Waals surface area contributed by atoms with Crippen molar-refractivity contribution in [1.29, 1.82) is 5.26 Å². The number of allylic oxidation sites excluding steroid dienone is 1.